The third-order valence-electron chi connectivity index (χ3n) is 8.02. The van der Waals surface area contributed by atoms with Crippen LogP contribution in [0.4, 0.5) is 0 Å². The van der Waals surface area contributed by atoms with E-state index >= 15 is 0 Å². The number of hydrogen-bond donors (Lipinski definition) is 2. The first-order valence-corrected chi connectivity index (χ1v) is 19.4. The van der Waals surface area contributed by atoms with Gasteiger partial charge in [0, 0.05) is 10.7 Å². The van der Waals surface area contributed by atoms with Crippen molar-refractivity contribution in [1.82, 2.24) is 5.32 Å². The van der Waals surface area contributed by atoms with Crippen LogP contribution in [-0.2, 0) is 0 Å². The summed E-state index contributed by atoms with van der Waals surface area (Å²) < 4.78 is 1.05. The maximum Gasteiger partial charge on any atom is 0.0753 e. The molecule has 0 bridgehead atoms. The number of thiocarbonyl (C=S) groups is 2. The Balaban J connectivity index is 3.53. The Bertz CT molecular complexity index is 543. The highest BCUT2D eigenvalue weighted by molar-refractivity contribution is 8.23. The lowest BCUT2D eigenvalue weighted by molar-refractivity contribution is 0.295. The Morgan fingerprint density at radius 1 is 0.525 bits per heavy atom. The molecule has 2 N–H and O–H groups in total. The summed E-state index contributed by atoms with van der Waals surface area (Å²) in [6.07, 6.45) is 37.7. The first-order valence-electron chi connectivity index (χ1n) is 17.7. The quantitative estimate of drug-likeness (QED) is 0.0581. The minimum Gasteiger partial charge on any atom is -0.395 e. The van der Waals surface area contributed by atoms with Gasteiger partial charge >= 0.3 is 0 Å². The summed E-state index contributed by atoms with van der Waals surface area (Å²) in [6, 6.07) is 0. The van der Waals surface area contributed by atoms with E-state index in [1.807, 2.05) is 0 Å². The topological polar surface area (TPSA) is 32.3 Å². The van der Waals surface area contributed by atoms with E-state index in [0.29, 0.717) is 0 Å². The minimum atomic E-state index is 0.110. The summed E-state index contributed by atoms with van der Waals surface area (Å²) in [5.74, 6) is 0. The van der Waals surface area contributed by atoms with Gasteiger partial charge in [-0.3, -0.25) is 0 Å². The molecule has 0 amide bonds. The van der Waals surface area contributed by atoms with Crippen molar-refractivity contribution >= 4 is 45.4 Å². The van der Waals surface area contributed by atoms with E-state index in [-0.39, 0.29) is 11.9 Å². The van der Waals surface area contributed by atoms with Gasteiger partial charge in [-0.1, -0.05) is 192 Å². The molecule has 40 heavy (non-hydrogen) atoms. The number of aliphatic hydroxyl groups excluding tert-OH is 1. The van der Waals surface area contributed by atoms with Gasteiger partial charge in [0.15, 0.2) is 0 Å². The van der Waals surface area contributed by atoms with Crippen LogP contribution in [0.3, 0.4) is 0 Å². The molecular weight excluding hydrogens is 547 g/mol. The fraction of sp³-hybridized carbons (Fsp3) is 0.943. The molecule has 1 atom stereocenters. The monoisotopic (exact) mass is 615 g/mol. The van der Waals surface area contributed by atoms with Gasteiger partial charge in [0.05, 0.1) is 16.8 Å². The number of aliphatic hydroxyl groups is 1. The molecule has 0 radical (unpaired) electrons. The number of thioether (sulfide) groups is 1. The van der Waals surface area contributed by atoms with Gasteiger partial charge in [-0.25, -0.2) is 0 Å². The van der Waals surface area contributed by atoms with Crippen molar-refractivity contribution in [2.45, 2.75) is 199 Å². The van der Waals surface area contributed by atoms with Gasteiger partial charge in [-0.2, -0.15) is 0 Å². The van der Waals surface area contributed by atoms with Crippen LogP contribution in [0.1, 0.15) is 194 Å². The van der Waals surface area contributed by atoms with Crippen molar-refractivity contribution in [3.63, 3.8) is 0 Å². The highest BCUT2D eigenvalue weighted by atomic mass is 32.2. The lowest BCUT2D eigenvalue weighted by atomic mass is 10.0. The lowest BCUT2D eigenvalue weighted by Crippen LogP contribution is -2.31. The van der Waals surface area contributed by atoms with Crippen LogP contribution in [0.2, 0.25) is 0 Å². The number of unbranched alkanes of at least 4 members (excludes halogenated alkanes) is 24. The molecule has 0 saturated carbocycles. The molecule has 0 heterocycles. The molecule has 2 nitrogen and oxygen atoms in total. The zero-order valence-electron chi connectivity index (χ0n) is 27.0. The van der Waals surface area contributed by atoms with Crippen LogP contribution in [0, 0.1) is 0 Å². The van der Waals surface area contributed by atoms with Gasteiger partial charge in [0.2, 0.25) is 0 Å². The first kappa shape index (κ1) is 40.3. The highest BCUT2D eigenvalue weighted by Crippen LogP contribution is 2.19. The summed E-state index contributed by atoms with van der Waals surface area (Å²) in [7, 11) is 0. The molecule has 0 aromatic carbocycles. The van der Waals surface area contributed by atoms with E-state index in [9.17, 15) is 5.11 Å². The van der Waals surface area contributed by atoms with Gasteiger partial charge in [0.1, 0.15) is 0 Å². The van der Waals surface area contributed by atoms with Crippen LogP contribution in [0.5, 0.6) is 0 Å². The van der Waals surface area contributed by atoms with Gasteiger partial charge in [-0.15, -0.1) is 11.8 Å². The van der Waals surface area contributed by atoms with Crippen molar-refractivity contribution < 1.29 is 5.11 Å². The van der Waals surface area contributed by atoms with Crippen molar-refractivity contribution in [3.8, 4) is 0 Å². The minimum absolute atomic E-state index is 0.110. The summed E-state index contributed by atoms with van der Waals surface area (Å²) >= 11 is 12.8. The van der Waals surface area contributed by atoms with E-state index in [4.69, 9.17) is 24.4 Å². The second-order valence-electron chi connectivity index (χ2n) is 12.1. The van der Waals surface area contributed by atoms with Crippen LogP contribution in [0.25, 0.3) is 0 Å². The van der Waals surface area contributed by atoms with Crippen LogP contribution < -0.4 is 5.32 Å². The SMILES string of the molecule is CCCCCCCCCCCCCCCC(=S)NCC(CO)SC(=S)CCCCCCCCCCCCCCC. The van der Waals surface area contributed by atoms with Gasteiger partial charge in [-0.05, 0) is 25.7 Å². The van der Waals surface area contributed by atoms with Crippen LogP contribution in [-0.4, -0.2) is 32.7 Å². The fourth-order valence-electron chi connectivity index (χ4n) is 5.29. The second kappa shape index (κ2) is 33.8. The molecule has 0 fully saturated rings. The zero-order chi connectivity index (χ0) is 29.4. The normalized spacial score (nSPS) is 12.1. The smallest absolute Gasteiger partial charge is 0.0753 e. The highest BCUT2D eigenvalue weighted by Gasteiger charge is 2.12. The average Bonchev–Trinajstić information content (AvgIpc) is 2.96. The molecule has 0 aliphatic heterocycles. The fourth-order valence-corrected chi connectivity index (χ4v) is 6.95. The third kappa shape index (κ3) is 31.2. The molecule has 0 aliphatic carbocycles. The molecule has 0 aromatic heterocycles. The predicted molar refractivity (Wildman–Crippen MR) is 192 cm³/mol. The van der Waals surface area contributed by atoms with E-state index in [2.05, 4.69) is 19.2 Å². The van der Waals surface area contributed by atoms with Crippen molar-refractivity contribution in [3.05, 3.63) is 0 Å². The van der Waals surface area contributed by atoms with Gasteiger partial charge < -0.3 is 10.4 Å². The van der Waals surface area contributed by atoms with Crippen LogP contribution >= 0.6 is 36.2 Å². The molecule has 0 aliphatic rings. The average molecular weight is 616 g/mol. The molecule has 5 heteroatoms. The molecule has 238 valence electrons. The number of hydrogen-bond acceptors (Lipinski definition) is 4. The van der Waals surface area contributed by atoms with E-state index < -0.39 is 0 Å². The van der Waals surface area contributed by atoms with Crippen molar-refractivity contribution in [2.24, 2.45) is 0 Å². The summed E-state index contributed by atoms with van der Waals surface area (Å²) in [4.78, 5) is 0.949. The summed E-state index contributed by atoms with van der Waals surface area (Å²) in [6.45, 7) is 5.44. The number of nitrogens with one attached hydrogen (secondary N) is 1. The van der Waals surface area contributed by atoms with E-state index in [1.165, 1.54) is 167 Å². The Morgan fingerprint density at radius 3 is 1.20 bits per heavy atom. The molecule has 0 rings (SSSR count). The maximum absolute atomic E-state index is 9.81. The van der Waals surface area contributed by atoms with Crippen molar-refractivity contribution in [1.29, 1.82) is 0 Å². The first-order chi connectivity index (χ1) is 19.6. The van der Waals surface area contributed by atoms with Crippen LogP contribution in [0.15, 0.2) is 0 Å². The Labute approximate surface area is 266 Å². The Morgan fingerprint density at radius 2 is 0.850 bits per heavy atom. The summed E-state index contributed by atoms with van der Waals surface area (Å²) in [5.41, 5.74) is 0. The third-order valence-corrected chi connectivity index (χ3v) is 9.98. The number of rotatable bonds is 32. The molecule has 1 unspecified atom stereocenters. The van der Waals surface area contributed by atoms with E-state index in [0.717, 1.165) is 28.6 Å². The zero-order valence-corrected chi connectivity index (χ0v) is 29.4. The maximum atomic E-state index is 9.81. The molecule has 0 spiro atoms. The molecule has 0 saturated heterocycles. The summed E-state index contributed by atoms with van der Waals surface area (Å²) in [5, 5.41) is 13.3. The Hall–Kier alpha value is 0.290. The van der Waals surface area contributed by atoms with Crippen molar-refractivity contribution in [2.75, 3.05) is 13.2 Å². The van der Waals surface area contributed by atoms with Gasteiger partial charge in [0.25, 0.3) is 0 Å². The molecule has 0 aromatic rings. The Kier molecular flexibility index (Phi) is 34.0. The predicted octanol–water partition coefficient (Wildman–Crippen LogP) is 12.3. The largest absolute Gasteiger partial charge is 0.395 e. The second-order valence-corrected chi connectivity index (χ2v) is 14.7. The lowest BCUT2D eigenvalue weighted by Gasteiger charge is -2.16. The standard InChI is InChI=1S/C35H69NOS3/c1-3-5-7-9-11-13-15-17-19-21-23-25-27-29-34(38)36-31-33(32-37)40-35(39)30-28-26-24-22-20-18-16-14-12-10-8-6-4-2/h33,37H,3-32H2,1-2H3,(H,36,38). The van der Waals surface area contributed by atoms with E-state index in [1.54, 1.807) is 11.8 Å². The molecular formula is C35H69NOS3.